The highest BCUT2D eigenvalue weighted by Crippen LogP contribution is 2.28. The van der Waals surface area contributed by atoms with Gasteiger partial charge < -0.3 is 10.2 Å². The summed E-state index contributed by atoms with van der Waals surface area (Å²) >= 11 is 0. The second kappa shape index (κ2) is 13.6. The van der Waals surface area contributed by atoms with Crippen LogP contribution >= 0.6 is 0 Å². The molecule has 214 valence electrons. The Bertz CT molecular complexity index is 1370. The van der Waals surface area contributed by atoms with Crippen LogP contribution in [0.1, 0.15) is 52.2 Å². The minimum absolute atomic E-state index is 0.0991. The summed E-state index contributed by atoms with van der Waals surface area (Å²) in [6, 6.07) is 24.3. The van der Waals surface area contributed by atoms with E-state index in [1.165, 1.54) is 21.3 Å². The van der Waals surface area contributed by atoms with Gasteiger partial charge in [-0.1, -0.05) is 80.6 Å². The highest BCUT2D eigenvalue weighted by atomic mass is 32.2. The van der Waals surface area contributed by atoms with Crippen molar-refractivity contribution in [1.29, 1.82) is 0 Å². The summed E-state index contributed by atoms with van der Waals surface area (Å²) in [5.41, 5.74) is 1.80. The zero-order valence-electron chi connectivity index (χ0n) is 24.1. The van der Waals surface area contributed by atoms with Gasteiger partial charge in [-0.15, -0.1) is 0 Å². The molecule has 3 aromatic carbocycles. The number of rotatable bonds is 12. The van der Waals surface area contributed by atoms with Gasteiger partial charge in [0.2, 0.25) is 11.8 Å². The van der Waals surface area contributed by atoms with E-state index in [0.29, 0.717) is 24.9 Å². The van der Waals surface area contributed by atoms with Crippen LogP contribution in [0.2, 0.25) is 0 Å². The van der Waals surface area contributed by atoms with Crippen molar-refractivity contribution >= 4 is 27.5 Å². The first kappa shape index (κ1) is 30.9. The van der Waals surface area contributed by atoms with E-state index >= 15 is 0 Å². The van der Waals surface area contributed by atoms with Crippen LogP contribution in [0.5, 0.6) is 0 Å². The van der Waals surface area contributed by atoms with E-state index in [0.717, 1.165) is 11.1 Å². The Balaban J connectivity index is 2.04. The number of nitrogens with one attached hydrogen (secondary N) is 1. The summed E-state index contributed by atoms with van der Waals surface area (Å²) in [4.78, 5) is 29.2. The number of hydrogen-bond donors (Lipinski definition) is 1. The average Bonchev–Trinajstić information content (AvgIpc) is 2.93. The van der Waals surface area contributed by atoms with E-state index in [9.17, 15) is 18.0 Å². The number of benzene rings is 3. The zero-order valence-corrected chi connectivity index (χ0v) is 24.9. The third kappa shape index (κ3) is 7.94. The highest BCUT2D eigenvalue weighted by Gasteiger charge is 2.34. The third-order valence-electron chi connectivity index (χ3n) is 6.62. The van der Waals surface area contributed by atoms with E-state index in [1.54, 1.807) is 30.3 Å². The fourth-order valence-corrected chi connectivity index (χ4v) is 6.11. The molecular weight excluding hydrogens is 522 g/mol. The number of carbonyl (C=O) groups is 2. The summed E-state index contributed by atoms with van der Waals surface area (Å²) in [5.74, 6) is -0.694. The Morgan fingerprint density at radius 1 is 0.850 bits per heavy atom. The van der Waals surface area contributed by atoms with E-state index in [1.807, 2.05) is 77.1 Å². The van der Waals surface area contributed by atoms with Crippen LogP contribution in [0.3, 0.4) is 0 Å². The molecule has 7 nitrogen and oxygen atoms in total. The Morgan fingerprint density at radius 2 is 1.43 bits per heavy atom. The van der Waals surface area contributed by atoms with Crippen molar-refractivity contribution in [3.63, 3.8) is 0 Å². The first-order valence-corrected chi connectivity index (χ1v) is 15.2. The van der Waals surface area contributed by atoms with Crippen LogP contribution in [0.25, 0.3) is 0 Å². The van der Waals surface area contributed by atoms with Crippen molar-refractivity contribution in [1.82, 2.24) is 10.2 Å². The lowest BCUT2D eigenvalue weighted by molar-refractivity contribution is -0.140. The molecule has 3 aromatic rings. The maximum Gasteiger partial charge on any atom is 0.264 e. The molecule has 0 radical (unpaired) electrons. The molecule has 0 saturated heterocycles. The Kier molecular flexibility index (Phi) is 10.5. The molecule has 0 heterocycles. The Labute approximate surface area is 239 Å². The van der Waals surface area contributed by atoms with Crippen molar-refractivity contribution < 1.29 is 18.0 Å². The summed E-state index contributed by atoms with van der Waals surface area (Å²) < 4.78 is 29.1. The normalized spacial score (nSPS) is 12.4. The van der Waals surface area contributed by atoms with Gasteiger partial charge >= 0.3 is 0 Å². The number of aryl methyl sites for hydroxylation is 1. The van der Waals surface area contributed by atoms with Gasteiger partial charge in [0.05, 0.1) is 10.6 Å². The predicted octanol–water partition coefficient (Wildman–Crippen LogP) is 5.21. The number of nitrogens with zero attached hydrogens (tertiary/aromatic N) is 2. The highest BCUT2D eigenvalue weighted by molar-refractivity contribution is 7.92. The topological polar surface area (TPSA) is 86.8 Å². The number of hydrogen-bond acceptors (Lipinski definition) is 4. The van der Waals surface area contributed by atoms with Gasteiger partial charge in [0.25, 0.3) is 10.0 Å². The SMILES string of the molecule is CCc1ccccc1N(CC(=O)N(CCc1ccccc1)[C@@H](CC)C(=O)NC(C)(C)C)S(=O)(=O)c1ccccc1. The minimum atomic E-state index is -4.08. The number of para-hydroxylation sites is 1. The van der Waals surface area contributed by atoms with Crippen LogP contribution in [0.15, 0.2) is 89.8 Å². The molecule has 0 aromatic heterocycles. The molecule has 1 N–H and O–H groups in total. The molecule has 0 aliphatic carbocycles. The molecule has 0 aliphatic rings. The van der Waals surface area contributed by atoms with E-state index < -0.39 is 34.1 Å². The predicted molar refractivity (Wildman–Crippen MR) is 161 cm³/mol. The van der Waals surface area contributed by atoms with Crippen LogP contribution < -0.4 is 9.62 Å². The maximum atomic E-state index is 14.1. The summed E-state index contributed by atoms with van der Waals surface area (Å²) in [6.07, 6.45) is 1.51. The zero-order chi connectivity index (χ0) is 29.3. The fourth-order valence-electron chi connectivity index (χ4n) is 4.63. The van der Waals surface area contributed by atoms with Crippen LogP contribution in [0, 0.1) is 0 Å². The lowest BCUT2D eigenvalue weighted by Gasteiger charge is -2.35. The summed E-state index contributed by atoms with van der Waals surface area (Å²) in [7, 11) is -4.08. The maximum absolute atomic E-state index is 14.1. The lowest BCUT2D eigenvalue weighted by atomic mass is 10.1. The largest absolute Gasteiger partial charge is 0.350 e. The van der Waals surface area contributed by atoms with Gasteiger partial charge in [0, 0.05) is 12.1 Å². The van der Waals surface area contributed by atoms with E-state index in [2.05, 4.69) is 5.32 Å². The lowest BCUT2D eigenvalue weighted by Crippen LogP contribution is -2.56. The second-order valence-electron chi connectivity index (χ2n) is 10.8. The van der Waals surface area contributed by atoms with Gasteiger partial charge in [-0.2, -0.15) is 0 Å². The van der Waals surface area contributed by atoms with Crippen molar-refractivity contribution in [3.05, 3.63) is 96.1 Å². The average molecular weight is 564 g/mol. The molecule has 0 spiro atoms. The molecule has 0 fully saturated rings. The van der Waals surface area contributed by atoms with Gasteiger partial charge in [-0.05, 0) is 69.4 Å². The van der Waals surface area contributed by atoms with Crippen LogP contribution in [0.4, 0.5) is 5.69 Å². The molecule has 0 unspecified atom stereocenters. The molecule has 0 bridgehead atoms. The van der Waals surface area contributed by atoms with Gasteiger partial charge in [-0.25, -0.2) is 8.42 Å². The van der Waals surface area contributed by atoms with Crippen molar-refractivity contribution in [3.8, 4) is 0 Å². The van der Waals surface area contributed by atoms with Crippen molar-refractivity contribution in [2.75, 3.05) is 17.4 Å². The second-order valence-corrected chi connectivity index (χ2v) is 12.7. The number of sulfonamides is 1. The quantitative estimate of drug-likeness (QED) is 0.328. The van der Waals surface area contributed by atoms with Crippen LogP contribution in [-0.4, -0.2) is 49.8 Å². The fraction of sp³-hybridized carbons (Fsp3) is 0.375. The summed E-state index contributed by atoms with van der Waals surface area (Å²) in [6.45, 7) is 9.33. The molecule has 3 rings (SSSR count). The smallest absolute Gasteiger partial charge is 0.264 e. The summed E-state index contributed by atoms with van der Waals surface area (Å²) in [5, 5.41) is 3.00. The third-order valence-corrected chi connectivity index (χ3v) is 8.39. The molecule has 0 saturated carbocycles. The van der Waals surface area contributed by atoms with Gasteiger partial charge in [0.15, 0.2) is 0 Å². The Morgan fingerprint density at radius 3 is 2.00 bits per heavy atom. The number of carbonyl (C=O) groups excluding carboxylic acids is 2. The minimum Gasteiger partial charge on any atom is -0.350 e. The van der Waals surface area contributed by atoms with Crippen molar-refractivity contribution in [2.45, 2.75) is 70.4 Å². The molecule has 40 heavy (non-hydrogen) atoms. The molecular formula is C32H41N3O4S. The number of anilines is 1. The Hall–Kier alpha value is -3.65. The number of amides is 2. The van der Waals surface area contributed by atoms with Gasteiger partial charge in [0.1, 0.15) is 12.6 Å². The molecule has 2 amide bonds. The van der Waals surface area contributed by atoms with Gasteiger partial charge in [-0.3, -0.25) is 13.9 Å². The monoisotopic (exact) mass is 563 g/mol. The standard InChI is InChI=1S/C32H41N3O4S/c1-6-26-18-14-15-21-29(26)35(40(38,39)27-19-12-9-13-20-27)24-30(36)34(23-22-25-16-10-8-11-17-25)28(7-2)31(37)33-32(3,4)5/h8-21,28H,6-7,22-24H2,1-5H3,(H,33,37)/t28-/m0/s1. The first-order valence-electron chi connectivity index (χ1n) is 13.8. The molecule has 1 atom stereocenters. The first-order chi connectivity index (χ1) is 19.0. The van der Waals surface area contributed by atoms with E-state index in [-0.39, 0.29) is 17.3 Å². The molecule has 0 aliphatic heterocycles. The van der Waals surface area contributed by atoms with Crippen LogP contribution in [-0.2, 0) is 32.5 Å². The van der Waals surface area contributed by atoms with E-state index in [4.69, 9.17) is 0 Å². The molecule has 8 heteroatoms. The van der Waals surface area contributed by atoms with Crippen molar-refractivity contribution in [2.24, 2.45) is 0 Å².